The molecule has 21 heavy (non-hydrogen) atoms. The molecule has 1 heterocycles. The highest BCUT2D eigenvalue weighted by Crippen LogP contribution is 2.25. The molecule has 0 aliphatic rings. The van der Waals surface area contributed by atoms with E-state index in [4.69, 9.17) is 9.97 Å². The second kappa shape index (κ2) is 7.20. The van der Waals surface area contributed by atoms with Crippen LogP contribution in [-0.4, -0.2) is 16.5 Å². The van der Waals surface area contributed by atoms with E-state index in [0.717, 1.165) is 33.9 Å². The zero-order valence-electron chi connectivity index (χ0n) is 13.1. The van der Waals surface area contributed by atoms with Gasteiger partial charge in [-0.1, -0.05) is 43.7 Å². The highest BCUT2D eigenvalue weighted by atomic mass is 127. The predicted molar refractivity (Wildman–Crippen MR) is 97.0 cm³/mol. The third-order valence-electron chi connectivity index (χ3n) is 3.26. The van der Waals surface area contributed by atoms with E-state index in [-0.39, 0.29) is 0 Å². The summed E-state index contributed by atoms with van der Waals surface area (Å²) in [4.78, 5) is 9.48. The first kappa shape index (κ1) is 16.2. The summed E-state index contributed by atoms with van der Waals surface area (Å²) in [5, 5.41) is 3.35. The molecule has 0 spiro atoms. The molecule has 0 bridgehead atoms. The lowest BCUT2D eigenvalue weighted by Crippen LogP contribution is -2.11. The Morgan fingerprint density at radius 3 is 2.62 bits per heavy atom. The fourth-order valence-corrected chi connectivity index (χ4v) is 3.32. The molecule has 2 aromatic rings. The van der Waals surface area contributed by atoms with Crippen LogP contribution in [0.25, 0.3) is 0 Å². The van der Waals surface area contributed by atoms with E-state index in [9.17, 15) is 0 Å². The number of aromatic nitrogens is 2. The van der Waals surface area contributed by atoms with Crippen molar-refractivity contribution in [2.24, 2.45) is 0 Å². The van der Waals surface area contributed by atoms with Gasteiger partial charge < -0.3 is 5.32 Å². The van der Waals surface area contributed by atoms with Gasteiger partial charge in [0.05, 0.1) is 9.26 Å². The van der Waals surface area contributed by atoms with Gasteiger partial charge in [0.15, 0.2) is 0 Å². The number of benzene rings is 1. The van der Waals surface area contributed by atoms with Gasteiger partial charge in [0.2, 0.25) is 0 Å². The number of aryl methyl sites for hydroxylation is 1. The minimum absolute atomic E-state index is 0.397. The van der Waals surface area contributed by atoms with Crippen molar-refractivity contribution in [1.29, 1.82) is 0 Å². The maximum Gasteiger partial charge on any atom is 0.143 e. The Morgan fingerprint density at radius 2 is 2.00 bits per heavy atom. The smallest absolute Gasteiger partial charge is 0.143 e. The molecule has 1 aromatic heterocycles. The van der Waals surface area contributed by atoms with Gasteiger partial charge in [-0.15, -0.1) is 0 Å². The number of halogens is 1. The van der Waals surface area contributed by atoms with Crippen molar-refractivity contribution < 1.29 is 0 Å². The quantitative estimate of drug-likeness (QED) is 0.756. The first-order chi connectivity index (χ1) is 10.0. The van der Waals surface area contributed by atoms with Crippen LogP contribution in [0.3, 0.4) is 0 Å². The first-order valence-electron chi connectivity index (χ1n) is 7.37. The van der Waals surface area contributed by atoms with Gasteiger partial charge in [-0.2, -0.15) is 0 Å². The zero-order chi connectivity index (χ0) is 15.4. The normalized spacial score (nSPS) is 11.0. The van der Waals surface area contributed by atoms with Crippen molar-refractivity contribution in [2.75, 3.05) is 11.9 Å². The van der Waals surface area contributed by atoms with Crippen LogP contribution in [0, 0.1) is 10.5 Å². The van der Waals surface area contributed by atoms with E-state index in [1.54, 1.807) is 0 Å². The van der Waals surface area contributed by atoms with Crippen molar-refractivity contribution in [3.8, 4) is 0 Å². The molecule has 0 aliphatic heterocycles. The van der Waals surface area contributed by atoms with Gasteiger partial charge >= 0.3 is 0 Å². The zero-order valence-corrected chi connectivity index (χ0v) is 15.2. The maximum atomic E-state index is 4.78. The number of rotatable bonds is 5. The van der Waals surface area contributed by atoms with Crippen molar-refractivity contribution >= 4 is 28.4 Å². The number of hydrogen-bond donors (Lipinski definition) is 1. The Kier molecular flexibility index (Phi) is 5.56. The fourth-order valence-electron chi connectivity index (χ4n) is 2.26. The van der Waals surface area contributed by atoms with E-state index in [0.29, 0.717) is 5.92 Å². The van der Waals surface area contributed by atoms with E-state index >= 15 is 0 Å². The van der Waals surface area contributed by atoms with Crippen LogP contribution in [0.2, 0.25) is 0 Å². The largest absolute Gasteiger partial charge is 0.369 e. The third-order valence-corrected chi connectivity index (χ3v) is 4.32. The Bertz CT molecular complexity index is 623. The molecule has 0 fully saturated rings. The molecule has 1 N–H and O–H groups in total. The topological polar surface area (TPSA) is 37.8 Å². The number of nitrogens with one attached hydrogen (secondary N) is 1. The summed E-state index contributed by atoms with van der Waals surface area (Å²) in [6, 6.07) is 8.54. The van der Waals surface area contributed by atoms with Crippen LogP contribution in [0.15, 0.2) is 24.3 Å². The minimum atomic E-state index is 0.397. The molecular weight excluding hydrogens is 373 g/mol. The second-order valence-corrected chi connectivity index (χ2v) is 6.62. The molecule has 3 nitrogen and oxygen atoms in total. The van der Waals surface area contributed by atoms with Crippen molar-refractivity contribution in [1.82, 2.24) is 9.97 Å². The number of hydrogen-bond acceptors (Lipinski definition) is 3. The van der Waals surface area contributed by atoms with Crippen LogP contribution in [0.4, 0.5) is 5.82 Å². The van der Waals surface area contributed by atoms with Gasteiger partial charge in [0.25, 0.3) is 0 Å². The lowest BCUT2D eigenvalue weighted by Gasteiger charge is -2.14. The van der Waals surface area contributed by atoms with Crippen molar-refractivity contribution in [2.45, 2.75) is 40.0 Å². The molecule has 0 saturated carbocycles. The van der Waals surface area contributed by atoms with Crippen LogP contribution >= 0.6 is 22.6 Å². The molecule has 0 atom stereocenters. The van der Waals surface area contributed by atoms with Gasteiger partial charge in [-0.25, -0.2) is 9.97 Å². The summed E-state index contributed by atoms with van der Waals surface area (Å²) in [7, 11) is 0. The third kappa shape index (κ3) is 4.15. The average molecular weight is 395 g/mol. The Labute approximate surface area is 140 Å². The molecule has 0 unspecified atom stereocenters. The van der Waals surface area contributed by atoms with E-state index in [2.05, 4.69) is 79.9 Å². The molecule has 1 aromatic carbocycles. The summed E-state index contributed by atoms with van der Waals surface area (Å²) in [6.45, 7) is 9.43. The Hall–Kier alpha value is -1.17. The van der Waals surface area contributed by atoms with Crippen LogP contribution in [0.1, 0.15) is 49.3 Å². The van der Waals surface area contributed by atoms with Crippen molar-refractivity contribution in [3.05, 3.63) is 50.5 Å². The number of nitrogens with zero attached hydrogens (tertiary/aromatic N) is 2. The lowest BCUT2D eigenvalue weighted by molar-refractivity contribution is 0.783. The summed E-state index contributed by atoms with van der Waals surface area (Å²) < 4.78 is 1.14. The summed E-state index contributed by atoms with van der Waals surface area (Å²) in [6.07, 6.45) is 0.775. The standard InChI is InChI=1S/C17H22IN3/c1-5-19-17-15(18)16(11(2)3)20-14(21-17)10-13-8-6-7-12(4)9-13/h6-9,11H,5,10H2,1-4H3,(H,19,20,21). The lowest BCUT2D eigenvalue weighted by atomic mass is 10.1. The number of anilines is 1. The molecule has 0 aliphatic carbocycles. The molecule has 4 heteroatoms. The predicted octanol–water partition coefficient (Wildman–Crippen LogP) is 4.54. The molecule has 0 amide bonds. The van der Waals surface area contributed by atoms with E-state index < -0.39 is 0 Å². The van der Waals surface area contributed by atoms with E-state index in [1.165, 1.54) is 11.1 Å². The highest BCUT2D eigenvalue weighted by molar-refractivity contribution is 14.1. The second-order valence-electron chi connectivity index (χ2n) is 5.54. The first-order valence-corrected chi connectivity index (χ1v) is 8.44. The van der Waals surface area contributed by atoms with E-state index in [1.807, 2.05) is 0 Å². The van der Waals surface area contributed by atoms with Crippen LogP contribution in [-0.2, 0) is 6.42 Å². The molecule has 2 rings (SSSR count). The van der Waals surface area contributed by atoms with Gasteiger partial charge in [-0.3, -0.25) is 0 Å². The molecular formula is C17H22IN3. The van der Waals surface area contributed by atoms with Gasteiger partial charge in [0, 0.05) is 13.0 Å². The Morgan fingerprint density at radius 1 is 1.24 bits per heavy atom. The fraction of sp³-hybridized carbons (Fsp3) is 0.412. The summed E-state index contributed by atoms with van der Waals surface area (Å²) >= 11 is 2.35. The maximum absolute atomic E-state index is 4.78. The Balaban J connectivity index is 2.39. The van der Waals surface area contributed by atoms with Gasteiger partial charge in [-0.05, 0) is 47.9 Å². The average Bonchev–Trinajstić information content (AvgIpc) is 2.42. The summed E-state index contributed by atoms with van der Waals surface area (Å²) in [5.74, 6) is 2.24. The SMILES string of the molecule is CCNc1nc(Cc2cccc(C)c2)nc(C(C)C)c1I. The monoisotopic (exact) mass is 395 g/mol. The van der Waals surface area contributed by atoms with Crippen LogP contribution in [0.5, 0.6) is 0 Å². The van der Waals surface area contributed by atoms with Crippen LogP contribution < -0.4 is 5.32 Å². The molecule has 112 valence electrons. The minimum Gasteiger partial charge on any atom is -0.369 e. The molecule has 0 saturated heterocycles. The highest BCUT2D eigenvalue weighted by Gasteiger charge is 2.14. The summed E-state index contributed by atoms with van der Waals surface area (Å²) in [5.41, 5.74) is 3.66. The van der Waals surface area contributed by atoms with Gasteiger partial charge in [0.1, 0.15) is 11.6 Å². The van der Waals surface area contributed by atoms with Crippen molar-refractivity contribution in [3.63, 3.8) is 0 Å². The molecule has 0 radical (unpaired) electrons.